The molecule has 0 atom stereocenters. The van der Waals surface area contributed by atoms with Crippen molar-refractivity contribution >= 4 is 0 Å². The first-order valence-corrected chi connectivity index (χ1v) is 6.56. The number of ether oxygens (including phenoxy) is 1. The molecule has 1 N–H and O–H groups in total. The van der Waals surface area contributed by atoms with E-state index in [1.165, 1.54) is 16.9 Å². The third kappa shape index (κ3) is 2.81. The van der Waals surface area contributed by atoms with Crippen LogP contribution in [-0.2, 0) is 17.5 Å². The van der Waals surface area contributed by atoms with Crippen LogP contribution in [0.3, 0.4) is 0 Å². The molecular formula is C13H13F3N4O2. The number of nitrogens with zero attached hydrogens (tertiary/aromatic N) is 4. The predicted octanol–water partition coefficient (Wildman–Crippen LogP) is 1.37. The van der Waals surface area contributed by atoms with E-state index in [4.69, 9.17) is 4.74 Å². The Morgan fingerprint density at radius 3 is 2.68 bits per heavy atom. The first kappa shape index (κ1) is 14.9. The summed E-state index contributed by atoms with van der Waals surface area (Å²) in [6, 6.07) is 4.76. The zero-order valence-corrected chi connectivity index (χ0v) is 11.4. The fourth-order valence-corrected chi connectivity index (χ4v) is 2.18. The SMILES string of the molecule is OCC1(Cn2nnc(-c3cccc(C(F)(F)F)c3)n2)COC1. The third-order valence-corrected chi connectivity index (χ3v) is 3.53. The van der Waals surface area contributed by atoms with E-state index < -0.39 is 17.2 Å². The van der Waals surface area contributed by atoms with Gasteiger partial charge in [0.05, 0.1) is 37.3 Å². The second kappa shape index (κ2) is 5.33. The number of tetrazole rings is 1. The Morgan fingerprint density at radius 2 is 2.09 bits per heavy atom. The summed E-state index contributed by atoms with van der Waals surface area (Å²) in [5.74, 6) is 0.111. The van der Waals surface area contributed by atoms with Gasteiger partial charge in [0, 0.05) is 5.56 Å². The van der Waals surface area contributed by atoms with E-state index >= 15 is 0 Å². The summed E-state index contributed by atoms with van der Waals surface area (Å²) >= 11 is 0. The topological polar surface area (TPSA) is 73.1 Å². The minimum Gasteiger partial charge on any atom is -0.396 e. The number of alkyl halides is 3. The van der Waals surface area contributed by atoms with Gasteiger partial charge in [-0.2, -0.15) is 18.0 Å². The summed E-state index contributed by atoms with van der Waals surface area (Å²) in [5, 5.41) is 21.0. The Kier molecular flexibility index (Phi) is 3.61. The van der Waals surface area contributed by atoms with Crippen molar-refractivity contribution < 1.29 is 23.0 Å². The average Bonchev–Trinajstić information content (AvgIpc) is 2.91. The van der Waals surface area contributed by atoms with Crippen LogP contribution < -0.4 is 0 Å². The summed E-state index contributed by atoms with van der Waals surface area (Å²) in [5.41, 5.74) is -0.962. The Bertz CT molecular complexity index is 662. The van der Waals surface area contributed by atoms with Gasteiger partial charge in [-0.05, 0) is 17.3 Å². The molecule has 1 aromatic heterocycles. The quantitative estimate of drug-likeness (QED) is 0.922. The number of aromatic nitrogens is 4. The second-order valence-corrected chi connectivity index (χ2v) is 5.37. The molecule has 0 spiro atoms. The van der Waals surface area contributed by atoms with E-state index in [1.54, 1.807) is 0 Å². The number of hydrogen-bond donors (Lipinski definition) is 1. The van der Waals surface area contributed by atoms with Crippen LogP contribution in [0.2, 0.25) is 0 Å². The van der Waals surface area contributed by atoms with Gasteiger partial charge in [0.15, 0.2) is 0 Å². The maximum atomic E-state index is 12.7. The normalized spacial score (nSPS) is 17.3. The van der Waals surface area contributed by atoms with Gasteiger partial charge in [0.25, 0.3) is 0 Å². The predicted molar refractivity (Wildman–Crippen MR) is 68.6 cm³/mol. The average molecular weight is 314 g/mol. The number of aliphatic hydroxyl groups is 1. The summed E-state index contributed by atoms with van der Waals surface area (Å²) in [4.78, 5) is 1.27. The standard InChI is InChI=1S/C13H13F3N4O2/c14-13(15,16)10-3-1-2-9(4-10)11-17-19-20(18-11)5-12(6-21)7-22-8-12/h1-4,21H,5-8H2. The Hall–Kier alpha value is -2.00. The van der Waals surface area contributed by atoms with E-state index in [0.717, 1.165) is 12.1 Å². The van der Waals surface area contributed by atoms with Gasteiger partial charge in [-0.15, -0.1) is 10.2 Å². The van der Waals surface area contributed by atoms with Crippen LogP contribution >= 0.6 is 0 Å². The maximum absolute atomic E-state index is 12.7. The number of halogens is 3. The third-order valence-electron chi connectivity index (χ3n) is 3.53. The fraction of sp³-hybridized carbons (Fsp3) is 0.462. The highest BCUT2D eigenvalue weighted by Gasteiger charge is 2.39. The lowest BCUT2D eigenvalue weighted by molar-refractivity contribution is -0.147. The van der Waals surface area contributed by atoms with Gasteiger partial charge in [0.1, 0.15) is 0 Å². The maximum Gasteiger partial charge on any atom is 0.416 e. The molecule has 0 unspecified atom stereocenters. The van der Waals surface area contributed by atoms with Gasteiger partial charge in [0.2, 0.25) is 5.82 Å². The largest absolute Gasteiger partial charge is 0.416 e. The zero-order valence-electron chi connectivity index (χ0n) is 11.4. The lowest BCUT2D eigenvalue weighted by Gasteiger charge is -2.38. The highest BCUT2D eigenvalue weighted by molar-refractivity contribution is 5.55. The van der Waals surface area contributed by atoms with Crippen molar-refractivity contribution in [3.63, 3.8) is 0 Å². The lowest BCUT2D eigenvalue weighted by atomic mass is 9.87. The van der Waals surface area contributed by atoms with Crippen LogP contribution in [0.15, 0.2) is 24.3 Å². The minimum atomic E-state index is -4.42. The van der Waals surface area contributed by atoms with Gasteiger partial charge in [-0.25, -0.2) is 0 Å². The molecule has 0 saturated carbocycles. The molecule has 1 aliphatic heterocycles. The van der Waals surface area contributed by atoms with Gasteiger partial charge >= 0.3 is 6.18 Å². The van der Waals surface area contributed by atoms with Gasteiger partial charge in [-0.3, -0.25) is 0 Å². The first-order chi connectivity index (χ1) is 10.4. The molecule has 0 bridgehead atoms. The molecule has 2 aromatic rings. The molecule has 1 aliphatic rings. The monoisotopic (exact) mass is 314 g/mol. The second-order valence-electron chi connectivity index (χ2n) is 5.37. The summed E-state index contributed by atoms with van der Waals surface area (Å²) in [6.07, 6.45) is -4.42. The van der Waals surface area contributed by atoms with E-state index in [-0.39, 0.29) is 18.0 Å². The number of hydrogen-bond acceptors (Lipinski definition) is 5. The molecule has 9 heteroatoms. The molecule has 1 saturated heterocycles. The summed E-state index contributed by atoms with van der Waals surface area (Å²) < 4.78 is 43.2. The van der Waals surface area contributed by atoms with E-state index in [0.29, 0.717) is 19.8 Å². The van der Waals surface area contributed by atoms with Crippen LogP contribution in [0.5, 0.6) is 0 Å². The smallest absolute Gasteiger partial charge is 0.396 e. The first-order valence-electron chi connectivity index (χ1n) is 6.56. The van der Waals surface area contributed by atoms with Crippen molar-refractivity contribution in [2.45, 2.75) is 12.7 Å². The molecule has 2 heterocycles. The van der Waals surface area contributed by atoms with Crippen LogP contribution in [0.25, 0.3) is 11.4 Å². The van der Waals surface area contributed by atoms with Crippen LogP contribution in [-0.4, -0.2) is 45.1 Å². The Morgan fingerprint density at radius 1 is 1.32 bits per heavy atom. The molecule has 1 aromatic carbocycles. The van der Waals surface area contributed by atoms with E-state index in [2.05, 4.69) is 15.4 Å². The van der Waals surface area contributed by atoms with Crippen molar-refractivity contribution in [3.8, 4) is 11.4 Å². The molecule has 0 amide bonds. The summed E-state index contributed by atoms with van der Waals surface area (Å²) in [7, 11) is 0. The molecular weight excluding hydrogens is 301 g/mol. The van der Waals surface area contributed by atoms with Crippen LogP contribution in [0, 0.1) is 5.41 Å². The van der Waals surface area contributed by atoms with Crippen LogP contribution in [0.1, 0.15) is 5.56 Å². The van der Waals surface area contributed by atoms with Crippen molar-refractivity contribution in [3.05, 3.63) is 29.8 Å². The van der Waals surface area contributed by atoms with Gasteiger partial charge < -0.3 is 9.84 Å². The van der Waals surface area contributed by atoms with Crippen molar-refractivity contribution in [1.82, 2.24) is 20.2 Å². The van der Waals surface area contributed by atoms with Crippen molar-refractivity contribution in [2.24, 2.45) is 5.41 Å². The highest BCUT2D eigenvalue weighted by Crippen LogP contribution is 2.31. The highest BCUT2D eigenvalue weighted by atomic mass is 19.4. The minimum absolute atomic E-state index is 0.0760. The number of aliphatic hydroxyl groups excluding tert-OH is 1. The lowest BCUT2D eigenvalue weighted by Crippen LogP contribution is -2.49. The van der Waals surface area contributed by atoms with Crippen LogP contribution in [0.4, 0.5) is 13.2 Å². The molecule has 0 radical (unpaired) electrons. The molecule has 1 fully saturated rings. The Labute approximate surface area is 123 Å². The summed E-state index contributed by atoms with van der Waals surface area (Å²) in [6.45, 7) is 1.01. The fourth-order valence-electron chi connectivity index (χ4n) is 2.18. The van der Waals surface area contributed by atoms with Gasteiger partial charge in [-0.1, -0.05) is 12.1 Å². The Balaban J connectivity index is 1.82. The molecule has 0 aliphatic carbocycles. The van der Waals surface area contributed by atoms with Crippen molar-refractivity contribution in [2.75, 3.05) is 19.8 Å². The molecule has 22 heavy (non-hydrogen) atoms. The number of rotatable bonds is 4. The zero-order chi connectivity index (χ0) is 15.8. The number of benzene rings is 1. The van der Waals surface area contributed by atoms with E-state index in [9.17, 15) is 18.3 Å². The molecule has 118 valence electrons. The van der Waals surface area contributed by atoms with Crippen molar-refractivity contribution in [1.29, 1.82) is 0 Å². The molecule has 6 nitrogen and oxygen atoms in total. The molecule has 3 rings (SSSR count). The van der Waals surface area contributed by atoms with E-state index in [1.807, 2.05) is 0 Å².